The fourth-order valence-corrected chi connectivity index (χ4v) is 5.22. The van der Waals surface area contributed by atoms with Gasteiger partial charge in [-0.15, -0.1) is 4.40 Å². The van der Waals surface area contributed by atoms with Crippen LogP contribution in [0.3, 0.4) is 0 Å². The van der Waals surface area contributed by atoms with E-state index in [1.807, 2.05) is 6.92 Å². The number of methoxy groups -OCH3 is 2. The minimum atomic E-state index is -3.95. The second-order valence-corrected chi connectivity index (χ2v) is 9.23. The van der Waals surface area contributed by atoms with Gasteiger partial charge >= 0.3 is 0 Å². The summed E-state index contributed by atoms with van der Waals surface area (Å²) in [6, 6.07) is 11.8. The monoisotopic (exact) mass is 460 g/mol. The topological polar surface area (TPSA) is 85.3 Å². The number of hydrogen-bond donors (Lipinski definition) is 0. The lowest BCUT2D eigenvalue weighted by molar-refractivity contribution is -0.122. The van der Waals surface area contributed by atoms with E-state index in [-0.39, 0.29) is 16.0 Å². The number of nitrogens with zero attached hydrogens (tertiary/aromatic N) is 2. The summed E-state index contributed by atoms with van der Waals surface area (Å²) >= 11 is 1.03. The summed E-state index contributed by atoms with van der Waals surface area (Å²) in [4.78, 5) is 14.7. The Labute approximate surface area is 186 Å². The third-order valence-corrected chi connectivity index (χ3v) is 7.16. The van der Waals surface area contributed by atoms with Crippen LogP contribution in [0, 0.1) is 0 Å². The molecule has 0 saturated carbocycles. The number of sulfonamides is 1. The van der Waals surface area contributed by atoms with Crippen molar-refractivity contribution in [3.05, 3.63) is 58.5 Å². The quantitative estimate of drug-likeness (QED) is 0.582. The normalized spacial score (nSPS) is 16.9. The maximum absolute atomic E-state index is 12.9. The Kier molecular flexibility index (Phi) is 7.07. The second-order valence-electron chi connectivity index (χ2n) is 6.61. The van der Waals surface area contributed by atoms with Gasteiger partial charge in [0.25, 0.3) is 15.9 Å². The Morgan fingerprint density at radius 3 is 2.35 bits per heavy atom. The van der Waals surface area contributed by atoms with E-state index >= 15 is 0 Å². The summed E-state index contributed by atoms with van der Waals surface area (Å²) in [5.74, 6) is 0.861. The lowest BCUT2D eigenvalue weighted by Gasteiger charge is -2.12. The Balaban J connectivity index is 1.96. The molecule has 0 radical (unpaired) electrons. The molecule has 0 aliphatic carbocycles. The Morgan fingerprint density at radius 1 is 1.06 bits per heavy atom. The Morgan fingerprint density at radius 2 is 1.77 bits per heavy atom. The molecular formula is C22H24N2O5S2. The van der Waals surface area contributed by atoms with Crippen LogP contribution in [0.2, 0.25) is 0 Å². The molecule has 0 spiro atoms. The number of aryl methyl sites for hydroxylation is 1. The third kappa shape index (κ3) is 4.94. The maximum Gasteiger partial charge on any atom is 0.284 e. The standard InChI is InChI=1S/C22H24N2O5S2/c1-5-15-7-11-18(12-8-15)31(26,27)23-22-24(6-2)21(25)20(30-22)13-16-9-10-17(28-3)14-19(16)29-4/h7-14H,5-6H2,1-4H3/b20-13-,23-22+. The fourth-order valence-electron chi connectivity index (χ4n) is 2.99. The first-order valence-electron chi connectivity index (χ1n) is 9.70. The zero-order chi connectivity index (χ0) is 22.6. The van der Waals surface area contributed by atoms with Gasteiger partial charge in [0.2, 0.25) is 0 Å². The lowest BCUT2D eigenvalue weighted by Crippen LogP contribution is -2.29. The highest BCUT2D eigenvalue weighted by Crippen LogP contribution is 2.36. The number of hydrogen-bond acceptors (Lipinski definition) is 6. The largest absolute Gasteiger partial charge is 0.497 e. The van der Waals surface area contributed by atoms with Crippen molar-refractivity contribution >= 4 is 38.9 Å². The summed E-state index contributed by atoms with van der Waals surface area (Å²) in [5.41, 5.74) is 1.71. The van der Waals surface area contributed by atoms with Gasteiger partial charge in [0.15, 0.2) is 5.17 Å². The molecule has 0 N–H and O–H groups in total. The molecule has 1 amide bonds. The number of amides is 1. The highest BCUT2D eigenvalue weighted by molar-refractivity contribution is 8.19. The molecule has 1 heterocycles. The van der Waals surface area contributed by atoms with Crippen LogP contribution in [0.5, 0.6) is 11.5 Å². The SMILES string of the molecule is CCc1ccc(S(=O)(=O)/N=C2/S/C(=C\c3ccc(OC)cc3OC)C(=O)N2CC)cc1. The molecule has 1 fully saturated rings. The molecule has 0 atom stereocenters. The van der Waals surface area contributed by atoms with Crippen LogP contribution >= 0.6 is 11.8 Å². The van der Waals surface area contributed by atoms with Gasteiger partial charge < -0.3 is 9.47 Å². The molecule has 1 saturated heterocycles. The van der Waals surface area contributed by atoms with Crippen molar-refractivity contribution in [2.24, 2.45) is 4.40 Å². The van der Waals surface area contributed by atoms with Crippen LogP contribution < -0.4 is 9.47 Å². The average molecular weight is 461 g/mol. The maximum atomic E-state index is 12.9. The van der Waals surface area contributed by atoms with Crippen molar-refractivity contribution in [3.8, 4) is 11.5 Å². The highest BCUT2D eigenvalue weighted by Gasteiger charge is 2.34. The number of carbonyl (C=O) groups is 1. The van der Waals surface area contributed by atoms with E-state index in [0.717, 1.165) is 23.7 Å². The molecule has 0 unspecified atom stereocenters. The number of thioether (sulfide) groups is 1. The van der Waals surface area contributed by atoms with Crippen molar-refractivity contribution in [2.75, 3.05) is 20.8 Å². The van der Waals surface area contributed by atoms with Gasteiger partial charge in [-0.25, -0.2) is 0 Å². The zero-order valence-electron chi connectivity index (χ0n) is 17.8. The van der Waals surface area contributed by atoms with Crippen molar-refractivity contribution in [3.63, 3.8) is 0 Å². The number of carbonyl (C=O) groups excluding carboxylic acids is 1. The van der Waals surface area contributed by atoms with E-state index in [9.17, 15) is 13.2 Å². The van der Waals surface area contributed by atoms with E-state index < -0.39 is 10.0 Å². The predicted octanol–water partition coefficient (Wildman–Crippen LogP) is 3.95. The van der Waals surface area contributed by atoms with E-state index in [1.165, 1.54) is 24.1 Å². The van der Waals surface area contributed by atoms with Gasteiger partial charge in [0, 0.05) is 18.2 Å². The Bertz CT molecular complexity index is 1140. The molecule has 31 heavy (non-hydrogen) atoms. The third-order valence-electron chi connectivity index (χ3n) is 4.76. The van der Waals surface area contributed by atoms with Crippen molar-refractivity contribution in [1.82, 2.24) is 4.90 Å². The summed E-state index contributed by atoms with van der Waals surface area (Å²) < 4.78 is 40.1. The average Bonchev–Trinajstić information content (AvgIpc) is 3.07. The predicted molar refractivity (Wildman–Crippen MR) is 123 cm³/mol. The van der Waals surface area contributed by atoms with E-state index in [4.69, 9.17) is 9.47 Å². The zero-order valence-corrected chi connectivity index (χ0v) is 19.4. The number of benzene rings is 2. The van der Waals surface area contributed by atoms with Crippen molar-refractivity contribution < 1.29 is 22.7 Å². The molecule has 2 aromatic carbocycles. The van der Waals surface area contributed by atoms with Gasteiger partial charge in [-0.05, 0) is 61.0 Å². The molecule has 9 heteroatoms. The molecule has 7 nitrogen and oxygen atoms in total. The Hall–Kier alpha value is -2.78. The van der Waals surface area contributed by atoms with Crippen LogP contribution in [-0.4, -0.2) is 45.2 Å². The first kappa shape index (κ1) is 22.9. The molecule has 1 aliphatic rings. The van der Waals surface area contributed by atoms with E-state index in [0.29, 0.717) is 28.5 Å². The molecule has 0 aromatic heterocycles. The summed E-state index contributed by atoms with van der Waals surface area (Å²) in [6.07, 6.45) is 2.48. The van der Waals surface area contributed by atoms with Gasteiger partial charge in [-0.1, -0.05) is 19.1 Å². The first-order chi connectivity index (χ1) is 14.8. The number of likely N-dealkylation sites (N-methyl/N-ethyl adjacent to an activating group) is 1. The van der Waals surface area contributed by atoms with Crippen LogP contribution in [0.1, 0.15) is 25.0 Å². The van der Waals surface area contributed by atoms with Crippen LogP contribution in [-0.2, 0) is 21.2 Å². The molecule has 0 bridgehead atoms. The molecule has 2 aromatic rings. The summed E-state index contributed by atoms with van der Waals surface area (Å²) in [7, 11) is -0.862. The van der Waals surface area contributed by atoms with Crippen molar-refractivity contribution in [2.45, 2.75) is 25.2 Å². The molecule has 3 rings (SSSR count). The highest BCUT2D eigenvalue weighted by atomic mass is 32.2. The van der Waals surface area contributed by atoms with Gasteiger partial charge in [0.1, 0.15) is 11.5 Å². The lowest BCUT2D eigenvalue weighted by atomic mass is 10.1. The van der Waals surface area contributed by atoms with E-state index in [1.54, 1.807) is 50.4 Å². The van der Waals surface area contributed by atoms with Crippen molar-refractivity contribution in [1.29, 1.82) is 0 Å². The summed E-state index contributed by atoms with van der Waals surface area (Å²) in [6.45, 7) is 4.06. The molecule has 164 valence electrons. The summed E-state index contributed by atoms with van der Waals surface area (Å²) in [5, 5.41) is 0.130. The number of rotatable bonds is 7. The van der Waals surface area contributed by atoms with Gasteiger partial charge in [0.05, 0.1) is 24.0 Å². The molecule has 1 aliphatic heterocycles. The van der Waals surface area contributed by atoms with E-state index in [2.05, 4.69) is 4.40 Å². The van der Waals surface area contributed by atoms with Crippen LogP contribution in [0.4, 0.5) is 0 Å². The number of amidine groups is 1. The van der Waals surface area contributed by atoms with Gasteiger partial charge in [-0.3, -0.25) is 9.69 Å². The smallest absolute Gasteiger partial charge is 0.284 e. The first-order valence-corrected chi connectivity index (χ1v) is 12.0. The molecular weight excluding hydrogens is 436 g/mol. The van der Waals surface area contributed by atoms with Crippen LogP contribution in [0.25, 0.3) is 6.08 Å². The second kappa shape index (κ2) is 9.57. The van der Waals surface area contributed by atoms with Crippen LogP contribution in [0.15, 0.2) is 56.7 Å². The minimum Gasteiger partial charge on any atom is -0.497 e. The van der Waals surface area contributed by atoms with Gasteiger partial charge in [-0.2, -0.15) is 8.42 Å². The number of ether oxygens (including phenoxy) is 2. The minimum absolute atomic E-state index is 0.0931. The fraction of sp³-hybridized carbons (Fsp3) is 0.273.